The summed E-state index contributed by atoms with van der Waals surface area (Å²) in [6.07, 6.45) is 1.78. The maximum Gasteiger partial charge on any atom is 0.258 e. The number of phenolic OH excluding ortho intramolecular Hbond substituents is 2. The maximum atomic E-state index is 13.1. The summed E-state index contributed by atoms with van der Waals surface area (Å²) < 4.78 is 0. The first-order valence-electron chi connectivity index (χ1n) is 11.0. The van der Waals surface area contributed by atoms with E-state index in [2.05, 4.69) is 48.3 Å². The normalized spacial score (nSPS) is 16.3. The number of likely N-dealkylation sites (tertiary alicyclic amines) is 1. The molecule has 1 aliphatic heterocycles. The van der Waals surface area contributed by atoms with Crippen LogP contribution in [0.3, 0.4) is 0 Å². The van der Waals surface area contributed by atoms with Gasteiger partial charge in [0.2, 0.25) is 0 Å². The van der Waals surface area contributed by atoms with Gasteiger partial charge in [-0.25, -0.2) is 0 Å². The first kappa shape index (κ1) is 23.4. The van der Waals surface area contributed by atoms with Crippen LogP contribution in [0.25, 0.3) is 0 Å². The number of carbonyl (C=O) groups is 1. The van der Waals surface area contributed by atoms with Gasteiger partial charge < -0.3 is 25.3 Å². The van der Waals surface area contributed by atoms with Crippen molar-refractivity contribution >= 4 is 17.5 Å². The van der Waals surface area contributed by atoms with Crippen molar-refractivity contribution in [2.75, 3.05) is 32.7 Å². The molecule has 0 aliphatic carbocycles. The van der Waals surface area contributed by atoms with Gasteiger partial charge in [0.05, 0.1) is 16.6 Å². The Morgan fingerprint density at radius 3 is 2.55 bits per heavy atom. The second-order valence-electron chi connectivity index (χ2n) is 7.92. The Hall–Kier alpha value is -2.28. The van der Waals surface area contributed by atoms with Gasteiger partial charge in [0.25, 0.3) is 5.91 Å². The van der Waals surface area contributed by atoms with E-state index < -0.39 is 0 Å². The largest absolute Gasteiger partial charge is 0.507 e. The van der Waals surface area contributed by atoms with Gasteiger partial charge in [0.1, 0.15) is 11.5 Å². The van der Waals surface area contributed by atoms with E-state index in [4.69, 9.17) is 11.6 Å². The Morgan fingerprint density at radius 1 is 1.16 bits per heavy atom. The molecule has 0 radical (unpaired) electrons. The van der Waals surface area contributed by atoms with E-state index in [1.54, 1.807) is 4.90 Å². The number of hydrogen-bond acceptors (Lipinski definition) is 5. The van der Waals surface area contributed by atoms with E-state index in [1.807, 2.05) is 0 Å². The number of halogens is 1. The lowest BCUT2D eigenvalue weighted by Gasteiger charge is -2.26. The van der Waals surface area contributed by atoms with Crippen molar-refractivity contribution in [3.05, 3.63) is 58.1 Å². The quantitative estimate of drug-likeness (QED) is 0.505. The number of likely N-dealkylation sites (N-methyl/N-ethyl adjacent to an activating group) is 1. The van der Waals surface area contributed by atoms with Crippen molar-refractivity contribution in [1.29, 1.82) is 0 Å². The molecule has 3 N–H and O–H groups in total. The summed E-state index contributed by atoms with van der Waals surface area (Å²) in [5.74, 6) is -0.775. The molecule has 0 aromatic heterocycles. The summed E-state index contributed by atoms with van der Waals surface area (Å²) in [6, 6.07) is 10.8. The SMILES string of the molecule is CCN(CC)CCNCc1ccc(C2CCCN2C(=O)c2cc(Cl)c(O)cc2O)cc1. The molecule has 7 heteroatoms. The van der Waals surface area contributed by atoms with Gasteiger partial charge >= 0.3 is 0 Å². The summed E-state index contributed by atoms with van der Waals surface area (Å²) in [7, 11) is 0. The fourth-order valence-corrected chi connectivity index (χ4v) is 4.26. The summed E-state index contributed by atoms with van der Waals surface area (Å²) in [5, 5.41) is 23.3. The zero-order valence-electron chi connectivity index (χ0n) is 18.3. The summed E-state index contributed by atoms with van der Waals surface area (Å²) in [4.78, 5) is 17.2. The monoisotopic (exact) mass is 445 g/mol. The Kier molecular flexibility index (Phi) is 8.18. The number of rotatable bonds is 9. The number of benzene rings is 2. The molecule has 1 aliphatic rings. The van der Waals surface area contributed by atoms with E-state index in [-0.39, 0.29) is 34.0 Å². The van der Waals surface area contributed by atoms with Crippen LogP contribution in [0.15, 0.2) is 36.4 Å². The minimum Gasteiger partial charge on any atom is -0.507 e. The number of carbonyl (C=O) groups excluding carboxylic acids is 1. The lowest BCUT2D eigenvalue weighted by molar-refractivity contribution is 0.0732. The summed E-state index contributed by atoms with van der Waals surface area (Å²) in [6.45, 7) is 9.92. The molecular formula is C24H32ClN3O3. The number of nitrogens with one attached hydrogen (secondary N) is 1. The zero-order chi connectivity index (χ0) is 22.4. The highest BCUT2D eigenvalue weighted by Crippen LogP contribution is 2.37. The van der Waals surface area contributed by atoms with Crippen LogP contribution in [0.4, 0.5) is 0 Å². The van der Waals surface area contributed by atoms with Crippen molar-refractivity contribution in [1.82, 2.24) is 15.1 Å². The molecule has 2 aromatic rings. The molecule has 3 rings (SSSR count). The molecule has 31 heavy (non-hydrogen) atoms. The fraction of sp³-hybridized carbons (Fsp3) is 0.458. The number of nitrogens with zero attached hydrogens (tertiary/aromatic N) is 2. The lowest BCUT2D eigenvalue weighted by Crippen LogP contribution is -2.31. The third kappa shape index (κ3) is 5.70. The lowest BCUT2D eigenvalue weighted by atomic mass is 10.0. The molecule has 0 bridgehead atoms. The van der Waals surface area contributed by atoms with Crippen LogP contribution in [0, 0.1) is 0 Å². The van der Waals surface area contributed by atoms with E-state index >= 15 is 0 Å². The maximum absolute atomic E-state index is 13.1. The predicted octanol–water partition coefficient (Wildman–Crippen LogP) is 4.16. The van der Waals surface area contributed by atoms with Crippen molar-refractivity contribution in [2.24, 2.45) is 0 Å². The molecule has 168 valence electrons. The molecule has 1 unspecified atom stereocenters. The first-order chi connectivity index (χ1) is 14.9. The third-order valence-electron chi connectivity index (χ3n) is 6.00. The third-order valence-corrected chi connectivity index (χ3v) is 6.30. The minimum absolute atomic E-state index is 0.0378. The molecule has 1 atom stereocenters. The van der Waals surface area contributed by atoms with E-state index in [9.17, 15) is 15.0 Å². The predicted molar refractivity (Wildman–Crippen MR) is 124 cm³/mol. The molecule has 1 fully saturated rings. The topological polar surface area (TPSA) is 76.0 Å². The van der Waals surface area contributed by atoms with Crippen LogP contribution in [-0.4, -0.2) is 58.6 Å². The van der Waals surface area contributed by atoms with Gasteiger partial charge in [0.15, 0.2) is 0 Å². The van der Waals surface area contributed by atoms with Gasteiger partial charge in [-0.2, -0.15) is 0 Å². The van der Waals surface area contributed by atoms with Gasteiger partial charge in [-0.15, -0.1) is 0 Å². The van der Waals surface area contributed by atoms with Crippen LogP contribution in [0.2, 0.25) is 5.02 Å². The van der Waals surface area contributed by atoms with E-state index in [0.717, 1.165) is 57.2 Å². The van der Waals surface area contributed by atoms with Crippen molar-refractivity contribution < 1.29 is 15.0 Å². The average molecular weight is 446 g/mol. The Bertz CT molecular complexity index is 884. The van der Waals surface area contributed by atoms with Crippen LogP contribution in [-0.2, 0) is 6.54 Å². The Balaban J connectivity index is 1.63. The molecule has 0 saturated carbocycles. The van der Waals surface area contributed by atoms with Crippen molar-refractivity contribution in [3.63, 3.8) is 0 Å². The highest BCUT2D eigenvalue weighted by atomic mass is 35.5. The van der Waals surface area contributed by atoms with Gasteiger partial charge in [0, 0.05) is 32.2 Å². The summed E-state index contributed by atoms with van der Waals surface area (Å²) >= 11 is 5.95. The number of phenols is 2. The fourth-order valence-electron chi connectivity index (χ4n) is 4.10. The smallest absolute Gasteiger partial charge is 0.258 e. The van der Waals surface area contributed by atoms with Crippen LogP contribution in [0.1, 0.15) is 54.2 Å². The van der Waals surface area contributed by atoms with Gasteiger partial charge in [-0.05, 0) is 43.1 Å². The van der Waals surface area contributed by atoms with E-state index in [0.29, 0.717) is 6.54 Å². The Morgan fingerprint density at radius 2 is 1.87 bits per heavy atom. The molecule has 1 heterocycles. The first-order valence-corrected chi connectivity index (χ1v) is 11.4. The van der Waals surface area contributed by atoms with Crippen LogP contribution in [0.5, 0.6) is 11.5 Å². The number of amides is 1. The molecular weight excluding hydrogens is 414 g/mol. The van der Waals surface area contributed by atoms with Crippen LogP contribution >= 0.6 is 11.6 Å². The molecule has 6 nitrogen and oxygen atoms in total. The van der Waals surface area contributed by atoms with Crippen molar-refractivity contribution in [3.8, 4) is 11.5 Å². The van der Waals surface area contributed by atoms with Gasteiger partial charge in [-0.1, -0.05) is 49.7 Å². The second-order valence-corrected chi connectivity index (χ2v) is 8.33. The van der Waals surface area contributed by atoms with Gasteiger partial charge in [-0.3, -0.25) is 4.79 Å². The highest BCUT2D eigenvalue weighted by Gasteiger charge is 2.32. The minimum atomic E-state index is -0.274. The van der Waals surface area contributed by atoms with E-state index in [1.165, 1.54) is 11.6 Å². The summed E-state index contributed by atoms with van der Waals surface area (Å²) in [5.41, 5.74) is 2.41. The standard InChI is InChI=1S/C24H32ClN3O3/c1-3-27(4-2)13-11-26-16-17-7-9-18(10-8-17)21-6-5-12-28(21)24(31)19-14-20(25)23(30)15-22(19)29/h7-10,14-15,21,26,29-30H,3-6,11-13,16H2,1-2H3. The molecule has 1 saturated heterocycles. The van der Waals surface area contributed by atoms with Crippen molar-refractivity contribution in [2.45, 2.75) is 39.3 Å². The molecule has 0 spiro atoms. The molecule has 2 aromatic carbocycles. The average Bonchev–Trinajstić information content (AvgIpc) is 3.26. The Labute approximate surface area is 189 Å². The highest BCUT2D eigenvalue weighted by molar-refractivity contribution is 6.32. The second kappa shape index (κ2) is 10.8. The van der Waals surface area contributed by atoms with Crippen LogP contribution < -0.4 is 5.32 Å². The number of hydrogen-bond donors (Lipinski definition) is 3. The molecule has 1 amide bonds. The zero-order valence-corrected chi connectivity index (χ0v) is 19.0. The number of aromatic hydroxyl groups is 2.